The Bertz CT molecular complexity index is 1190. The third-order valence-electron chi connectivity index (χ3n) is 6.59. The van der Waals surface area contributed by atoms with E-state index in [0.717, 1.165) is 29.9 Å². The van der Waals surface area contributed by atoms with Crippen molar-refractivity contribution in [3.05, 3.63) is 72.3 Å². The van der Waals surface area contributed by atoms with Crippen LogP contribution in [0.3, 0.4) is 0 Å². The Kier molecular flexibility index (Phi) is 6.67. The van der Waals surface area contributed by atoms with Crippen LogP contribution >= 0.6 is 0 Å². The molecule has 9 nitrogen and oxygen atoms in total. The van der Waals surface area contributed by atoms with Crippen molar-refractivity contribution in [2.24, 2.45) is 0 Å². The molecule has 3 heterocycles. The van der Waals surface area contributed by atoms with E-state index >= 15 is 0 Å². The number of carbonyl (C=O) groups excluding carboxylic acids is 2. The highest BCUT2D eigenvalue weighted by Crippen LogP contribution is 2.40. The maximum absolute atomic E-state index is 13.1. The van der Waals surface area contributed by atoms with Gasteiger partial charge in [0, 0.05) is 61.8 Å². The summed E-state index contributed by atoms with van der Waals surface area (Å²) >= 11 is 0. The maximum atomic E-state index is 13.1. The van der Waals surface area contributed by atoms with Gasteiger partial charge in [-0.2, -0.15) is 0 Å². The van der Waals surface area contributed by atoms with Gasteiger partial charge in [-0.25, -0.2) is 4.98 Å². The normalized spacial score (nSPS) is 16.0. The molecule has 182 valence electrons. The highest BCUT2D eigenvalue weighted by atomic mass is 16.7. The summed E-state index contributed by atoms with van der Waals surface area (Å²) in [6, 6.07) is 13.0. The summed E-state index contributed by atoms with van der Waals surface area (Å²) < 4.78 is 18.5. The van der Waals surface area contributed by atoms with E-state index in [-0.39, 0.29) is 24.0 Å². The van der Waals surface area contributed by atoms with Crippen LogP contribution in [0.5, 0.6) is 11.5 Å². The van der Waals surface area contributed by atoms with E-state index in [1.807, 2.05) is 29.0 Å². The van der Waals surface area contributed by atoms with Crippen LogP contribution in [-0.2, 0) is 21.5 Å². The number of hydrogen-bond acceptors (Lipinski definition) is 6. The van der Waals surface area contributed by atoms with Gasteiger partial charge < -0.3 is 29.4 Å². The van der Waals surface area contributed by atoms with Crippen LogP contribution in [0, 0.1) is 0 Å². The molecule has 0 unspecified atom stereocenters. The van der Waals surface area contributed by atoms with E-state index in [9.17, 15) is 9.59 Å². The van der Waals surface area contributed by atoms with Gasteiger partial charge in [-0.05, 0) is 48.7 Å². The quantitative estimate of drug-likeness (QED) is 0.518. The number of benzene rings is 2. The molecule has 5 rings (SSSR count). The summed E-state index contributed by atoms with van der Waals surface area (Å²) in [6.07, 6.45) is 7.06. The average Bonchev–Trinajstić information content (AvgIpc) is 3.58. The largest absolute Gasteiger partial charge is 0.454 e. The molecule has 2 aliphatic heterocycles. The van der Waals surface area contributed by atoms with E-state index in [1.54, 1.807) is 36.8 Å². The van der Waals surface area contributed by atoms with Gasteiger partial charge in [-0.1, -0.05) is 12.1 Å². The first-order valence-electron chi connectivity index (χ1n) is 11.7. The van der Waals surface area contributed by atoms with Crippen molar-refractivity contribution in [2.75, 3.05) is 31.9 Å². The monoisotopic (exact) mass is 476 g/mol. The standard InChI is InChI=1S/C26H28N4O5/c31-24(6-10-30-11-9-27-17-30)29-21-3-1-2-19(14-21)25(32)28-16-26(7-12-33-13-8-26)20-4-5-22-23(15-20)35-18-34-22/h1-5,9,11,14-15,17H,6-8,10,12-13,16,18H2,(H,28,32)(H,29,31). The summed E-state index contributed by atoms with van der Waals surface area (Å²) in [6.45, 7) is 2.49. The number of imidazole rings is 1. The van der Waals surface area contributed by atoms with E-state index in [2.05, 4.69) is 15.6 Å². The summed E-state index contributed by atoms with van der Waals surface area (Å²) in [5, 5.41) is 5.98. The molecule has 1 aromatic heterocycles. The van der Waals surface area contributed by atoms with E-state index in [1.165, 1.54) is 0 Å². The number of carbonyl (C=O) groups is 2. The van der Waals surface area contributed by atoms with Crippen LogP contribution in [-0.4, -0.2) is 47.9 Å². The van der Waals surface area contributed by atoms with Gasteiger partial charge >= 0.3 is 0 Å². The first-order valence-corrected chi connectivity index (χ1v) is 11.7. The Morgan fingerprint density at radius 2 is 1.91 bits per heavy atom. The molecular formula is C26H28N4O5. The topological polar surface area (TPSA) is 104 Å². The Morgan fingerprint density at radius 1 is 1.06 bits per heavy atom. The van der Waals surface area contributed by atoms with Gasteiger partial charge in [-0.15, -0.1) is 0 Å². The van der Waals surface area contributed by atoms with Crippen molar-refractivity contribution in [2.45, 2.75) is 31.2 Å². The van der Waals surface area contributed by atoms with Crippen LogP contribution in [0.4, 0.5) is 5.69 Å². The van der Waals surface area contributed by atoms with E-state index in [0.29, 0.717) is 44.0 Å². The highest BCUT2D eigenvalue weighted by molar-refractivity contribution is 5.97. The number of amides is 2. The lowest BCUT2D eigenvalue weighted by molar-refractivity contribution is -0.116. The van der Waals surface area contributed by atoms with Gasteiger partial charge in [0.05, 0.1) is 6.33 Å². The smallest absolute Gasteiger partial charge is 0.251 e. The summed E-state index contributed by atoms with van der Waals surface area (Å²) in [7, 11) is 0. The Labute approximate surface area is 203 Å². The van der Waals surface area contributed by atoms with Crippen LogP contribution in [0.15, 0.2) is 61.2 Å². The third-order valence-corrected chi connectivity index (χ3v) is 6.59. The number of aryl methyl sites for hydroxylation is 1. The summed E-state index contributed by atoms with van der Waals surface area (Å²) in [4.78, 5) is 29.4. The minimum absolute atomic E-state index is 0.125. The third kappa shape index (κ3) is 5.30. The summed E-state index contributed by atoms with van der Waals surface area (Å²) in [5.74, 6) is 1.16. The van der Waals surface area contributed by atoms with Crippen molar-refractivity contribution in [1.29, 1.82) is 0 Å². The molecular weight excluding hydrogens is 448 g/mol. The molecule has 3 aromatic rings. The number of anilines is 1. The number of rotatable bonds is 8. The molecule has 0 saturated carbocycles. The number of fused-ring (bicyclic) bond motifs is 1. The van der Waals surface area contributed by atoms with Crippen LogP contribution in [0.1, 0.15) is 35.2 Å². The van der Waals surface area contributed by atoms with Crippen molar-refractivity contribution in [3.63, 3.8) is 0 Å². The molecule has 1 fully saturated rings. The average molecular weight is 477 g/mol. The van der Waals surface area contributed by atoms with Gasteiger partial charge in [0.25, 0.3) is 5.91 Å². The first-order chi connectivity index (χ1) is 17.1. The van der Waals surface area contributed by atoms with Gasteiger partial charge in [0.15, 0.2) is 11.5 Å². The van der Waals surface area contributed by atoms with Crippen LogP contribution in [0.2, 0.25) is 0 Å². The number of aromatic nitrogens is 2. The lowest BCUT2D eigenvalue weighted by Gasteiger charge is -2.38. The number of hydrogen-bond donors (Lipinski definition) is 2. The zero-order valence-electron chi connectivity index (χ0n) is 19.4. The van der Waals surface area contributed by atoms with Crippen molar-refractivity contribution >= 4 is 17.5 Å². The Balaban J connectivity index is 1.23. The van der Waals surface area contributed by atoms with Crippen molar-refractivity contribution in [1.82, 2.24) is 14.9 Å². The summed E-state index contributed by atoms with van der Waals surface area (Å²) in [5.41, 5.74) is 1.92. The fourth-order valence-electron chi connectivity index (χ4n) is 4.52. The predicted octanol–water partition coefficient (Wildman–Crippen LogP) is 3.12. The first kappa shape index (κ1) is 22.9. The lowest BCUT2D eigenvalue weighted by Crippen LogP contribution is -2.44. The Morgan fingerprint density at radius 3 is 2.74 bits per heavy atom. The minimum atomic E-state index is -0.256. The van der Waals surface area contributed by atoms with E-state index in [4.69, 9.17) is 14.2 Å². The second-order valence-corrected chi connectivity index (χ2v) is 8.82. The van der Waals surface area contributed by atoms with Crippen molar-refractivity contribution in [3.8, 4) is 11.5 Å². The molecule has 0 radical (unpaired) electrons. The molecule has 1 saturated heterocycles. The lowest BCUT2D eigenvalue weighted by atomic mass is 9.74. The van der Waals surface area contributed by atoms with Gasteiger partial charge in [-0.3, -0.25) is 9.59 Å². The molecule has 35 heavy (non-hydrogen) atoms. The molecule has 0 spiro atoms. The number of nitrogens with zero attached hydrogens (tertiary/aromatic N) is 2. The zero-order valence-corrected chi connectivity index (χ0v) is 19.4. The zero-order chi connectivity index (χ0) is 24.1. The second-order valence-electron chi connectivity index (χ2n) is 8.82. The highest BCUT2D eigenvalue weighted by Gasteiger charge is 2.36. The molecule has 0 atom stereocenters. The molecule has 2 aliphatic rings. The van der Waals surface area contributed by atoms with Crippen molar-refractivity contribution < 1.29 is 23.8 Å². The molecule has 0 bridgehead atoms. The molecule has 2 aromatic carbocycles. The number of nitrogens with one attached hydrogen (secondary N) is 2. The van der Waals surface area contributed by atoms with Crippen LogP contribution < -0.4 is 20.1 Å². The van der Waals surface area contributed by atoms with Crippen LogP contribution in [0.25, 0.3) is 0 Å². The molecule has 2 amide bonds. The fourth-order valence-corrected chi connectivity index (χ4v) is 4.52. The molecule has 2 N–H and O–H groups in total. The van der Waals surface area contributed by atoms with Gasteiger partial charge in [0.1, 0.15) is 0 Å². The predicted molar refractivity (Wildman–Crippen MR) is 129 cm³/mol. The Hall–Kier alpha value is -3.85. The second kappa shape index (κ2) is 10.2. The van der Waals surface area contributed by atoms with E-state index < -0.39 is 0 Å². The molecule has 0 aliphatic carbocycles. The fraction of sp³-hybridized carbons (Fsp3) is 0.346. The minimum Gasteiger partial charge on any atom is -0.454 e. The van der Waals surface area contributed by atoms with Gasteiger partial charge in [0.2, 0.25) is 12.7 Å². The molecule has 9 heteroatoms. The number of ether oxygens (including phenoxy) is 3. The SMILES string of the molecule is O=C(CCn1ccnc1)Nc1cccc(C(=O)NCC2(c3ccc4c(c3)OCO4)CCOCC2)c1. The maximum Gasteiger partial charge on any atom is 0.251 e.